The van der Waals surface area contributed by atoms with Crippen molar-refractivity contribution in [3.05, 3.63) is 96.1 Å². The minimum absolute atomic E-state index is 1.10. The molecule has 0 spiro atoms. The van der Waals surface area contributed by atoms with Crippen molar-refractivity contribution in [1.29, 1.82) is 0 Å². The summed E-state index contributed by atoms with van der Waals surface area (Å²) in [5.74, 6) is 6.82. The third-order valence-electron chi connectivity index (χ3n) is 6.91. The van der Waals surface area contributed by atoms with Gasteiger partial charge < -0.3 is 0 Å². The number of hydrogen-bond acceptors (Lipinski definition) is 0. The van der Waals surface area contributed by atoms with E-state index in [0.717, 1.165) is 11.1 Å². The molecular weight excluding hydrogens is 489 g/mol. The van der Waals surface area contributed by atoms with Gasteiger partial charge in [-0.05, 0) is 102 Å². The van der Waals surface area contributed by atoms with Gasteiger partial charge in [0.25, 0.3) is 0 Å². The minimum atomic E-state index is -1.40. The fourth-order valence-corrected chi connectivity index (χ4v) is 6.08. The molecule has 0 N–H and O–H groups in total. The fraction of sp³-hybridized carbons (Fsp3) is 0.167. The summed E-state index contributed by atoms with van der Waals surface area (Å²) >= 11 is 0. The lowest BCUT2D eigenvalue weighted by Crippen LogP contribution is -2.16. The van der Waals surface area contributed by atoms with E-state index in [9.17, 15) is 0 Å². The standard InChI is InChI=1S/C36H32Si2/c1-37(2,3)17-15-25-7-9-27-23-35-29(21-31(27)19-25)11-13-34-33(35)14-12-30-22-32-20-26(16-18-38(4,5)6)8-10-28(32)24-36(30)34/h7-14,19-24H,1-6H3. The van der Waals surface area contributed by atoms with Crippen LogP contribution in [0.3, 0.4) is 0 Å². The topological polar surface area (TPSA) is 0 Å². The molecule has 0 heterocycles. The molecule has 0 bridgehead atoms. The van der Waals surface area contributed by atoms with Crippen molar-refractivity contribution in [1.82, 2.24) is 0 Å². The molecule has 0 radical (unpaired) electrons. The molecule has 0 aromatic heterocycles. The third kappa shape index (κ3) is 4.86. The molecule has 0 aliphatic rings. The molecule has 0 atom stereocenters. The Morgan fingerprint density at radius 1 is 0.368 bits per heavy atom. The Hall–Kier alpha value is -3.83. The van der Waals surface area contributed by atoms with Gasteiger partial charge in [-0.3, -0.25) is 0 Å². The second kappa shape index (κ2) is 8.88. The van der Waals surface area contributed by atoms with E-state index in [1.807, 2.05) is 0 Å². The lowest BCUT2D eigenvalue weighted by atomic mass is 9.93. The second-order valence-electron chi connectivity index (χ2n) is 12.5. The highest BCUT2D eigenvalue weighted by atomic mass is 28.3. The summed E-state index contributed by atoms with van der Waals surface area (Å²) in [5, 5.41) is 12.8. The van der Waals surface area contributed by atoms with Crippen LogP contribution in [0.2, 0.25) is 39.3 Å². The molecule has 184 valence electrons. The van der Waals surface area contributed by atoms with Crippen LogP contribution in [0.4, 0.5) is 0 Å². The Kier molecular flexibility index (Phi) is 5.73. The van der Waals surface area contributed by atoms with E-state index in [1.54, 1.807) is 0 Å². The highest BCUT2D eigenvalue weighted by Crippen LogP contribution is 2.35. The van der Waals surface area contributed by atoms with Crippen molar-refractivity contribution in [3.8, 4) is 22.9 Å². The lowest BCUT2D eigenvalue weighted by molar-refractivity contribution is 1.71. The van der Waals surface area contributed by atoms with Crippen molar-refractivity contribution >= 4 is 70.0 Å². The maximum absolute atomic E-state index is 3.49. The van der Waals surface area contributed by atoms with Gasteiger partial charge in [-0.15, -0.1) is 11.1 Å². The van der Waals surface area contributed by atoms with Gasteiger partial charge in [0, 0.05) is 11.1 Å². The summed E-state index contributed by atoms with van der Waals surface area (Å²) in [6.45, 7) is 13.7. The van der Waals surface area contributed by atoms with Crippen molar-refractivity contribution < 1.29 is 0 Å². The maximum Gasteiger partial charge on any atom is 0.129 e. The van der Waals surface area contributed by atoms with E-state index < -0.39 is 16.1 Å². The summed E-state index contributed by atoms with van der Waals surface area (Å²) in [7, 11) is -2.80. The van der Waals surface area contributed by atoms with Crippen LogP contribution in [0.5, 0.6) is 0 Å². The average Bonchev–Trinajstić information content (AvgIpc) is 2.87. The first kappa shape index (κ1) is 24.5. The van der Waals surface area contributed by atoms with Gasteiger partial charge in [-0.1, -0.05) is 87.5 Å². The van der Waals surface area contributed by atoms with Crippen LogP contribution >= 0.6 is 0 Å². The molecule has 0 aliphatic carbocycles. The van der Waals surface area contributed by atoms with Gasteiger partial charge in [-0.25, -0.2) is 0 Å². The van der Waals surface area contributed by atoms with E-state index >= 15 is 0 Å². The molecule has 2 heteroatoms. The van der Waals surface area contributed by atoms with Crippen LogP contribution in [0, 0.1) is 22.9 Å². The first-order chi connectivity index (χ1) is 18.0. The maximum atomic E-state index is 3.49. The van der Waals surface area contributed by atoms with Crippen LogP contribution in [0.1, 0.15) is 11.1 Å². The van der Waals surface area contributed by atoms with Crippen LogP contribution in [0.25, 0.3) is 53.9 Å². The van der Waals surface area contributed by atoms with Gasteiger partial charge in [-0.2, -0.15) is 0 Å². The third-order valence-corrected chi connectivity index (χ3v) is 8.66. The summed E-state index contributed by atoms with van der Waals surface area (Å²) in [5.41, 5.74) is 9.19. The normalized spacial score (nSPS) is 12.1. The Bertz CT molecular complexity index is 1890. The fourth-order valence-electron chi connectivity index (χ4n) is 5.04. The van der Waals surface area contributed by atoms with Crippen LogP contribution in [-0.2, 0) is 0 Å². The Balaban J connectivity index is 1.50. The molecule has 0 nitrogen and oxygen atoms in total. The minimum Gasteiger partial charge on any atom is -0.127 e. The molecular formula is C36H32Si2. The van der Waals surface area contributed by atoms with Gasteiger partial charge in [0.2, 0.25) is 0 Å². The quantitative estimate of drug-likeness (QED) is 0.0809. The molecule has 0 fully saturated rings. The molecule has 0 saturated heterocycles. The highest BCUT2D eigenvalue weighted by molar-refractivity contribution is 6.84. The molecule has 6 aromatic carbocycles. The van der Waals surface area contributed by atoms with Crippen molar-refractivity contribution in [2.24, 2.45) is 0 Å². The van der Waals surface area contributed by atoms with E-state index in [1.165, 1.54) is 53.9 Å². The smallest absolute Gasteiger partial charge is 0.127 e. The molecule has 6 aromatic rings. The first-order valence-electron chi connectivity index (χ1n) is 13.4. The molecule has 0 unspecified atom stereocenters. The van der Waals surface area contributed by atoms with Gasteiger partial charge in [0.15, 0.2) is 0 Å². The number of hydrogen-bond donors (Lipinski definition) is 0. The monoisotopic (exact) mass is 520 g/mol. The van der Waals surface area contributed by atoms with Gasteiger partial charge in [0.1, 0.15) is 16.1 Å². The molecule has 38 heavy (non-hydrogen) atoms. The molecule has 0 saturated carbocycles. The summed E-state index contributed by atoms with van der Waals surface area (Å²) in [6, 6.07) is 31.7. The van der Waals surface area contributed by atoms with E-state index in [2.05, 4.69) is 147 Å². The van der Waals surface area contributed by atoms with E-state index in [4.69, 9.17) is 0 Å². The summed E-state index contributed by atoms with van der Waals surface area (Å²) < 4.78 is 0. The number of fused-ring (bicyclic) bond motifs is 7. The highest BCUT2D eigenvalue weighted by Gasteiger charge is 2.10. The summed E-state index contributed by atoms with van der Waals surface area (Å²) in [6.07, 6.45) is 0. The zero-order chi connectivity index (χ0) is 26.7. The summed E-state index contributed by atoms with van der Waals surface area (Å²) in [4.78, 5) is 0. The Morgan fingerprint density at radius 3 is 1.16 bits per heavy atom. The van der Waals surface area contributed by atoms with Gasteiger partial charge >= 0.3 is 0 Å². The SMILES string of the molecule is C[Si](C)(C)C#Cc1ccc2cc3c(ccc4c5cc6ccc(C#C[Si](C)(C)C)cc6cc5ccc34)cc2c1. The predicted octanol–water partition coefficient (Wildman–Crippen LogP) is 9.91. The number of rotatable bonds is 0. The molecule has 6 rings (SSSR count). The largest absolute Gasteiger partial charge is 0.129 e. The zero-order valence-corrected chi connectivity index (χ0v) is 25.1. The van der Waals surface area contributed by atoms with Crippen LogP contribution < -0.4 is 0 Å². The van der Waals surface area contributed by atoms with Crippen LogP contribution in [0.15, 0.2) is 84.9 Å². The lowest BCUT2D eigenvalue weighted by Gasteiger charge is -2.11. The first-order valence-corrected chi connectivity index (χ1v) is 20.4. The Labute approximate surface area is 227 Å². The average molecular weight is 521 g/mol. The van der Waals surface area contributed by atoms with E-state index in [-0.39, 0.29) is 0 Å². The predicted molar refractivity (Wildman–Crippen MR) is 174 cm³/mol. The van der Waals surface area contributed by atoms with Crippen LogP contribution in [-0.4, -0.2) is 16.1 Å². The van der Waals surface area contributed by atoms with Crippen molar-refractivity contribution in [2.45, 2.75) is 39.3 Å². The number of benzene rings is 6. The molecule has 0 aliphatic heterocycles. The van der Waals surface area contributed by atoms with Crippen molar-refractivity contribution in [3.63, 3.8) is 0 Å². The second-order valence-corrected chi connectivity index (χ2v) is 22.0. The van der Waals surface area contributed by atoms with Gasteiger partial charge in [0.05, 0.1) is 0 Å². The zero-order valence-electron chi connectivity index (χ0n) is 23.1. The van der Waals surface area contributed by atoms with Crippen molar-refractivity contribution in [2.75, 3.05) is 0 Å². The Morgan fingerprint density at radius 2 is 0.763 bits per heavy atom. The molecule has 0 amide bonds. The van der Waals surface area contributed by atoms with E-state index in [0.29, 0.717) is 0 Å².